The lowest BCUT2D eigenvalue weighted by molar-refractivity contribution is -0.133. The number of methoxy groups -OCH3 is 2. The average Bonchev–Trinajstić information content (AvgIpc) is 2.77. The van der Waals surface area contributed by atoms with Crippen molar-refractivity contribution < 1.29 is 23.7 Å². The van der Waals surface area contributed by atoms with E-state index in [4.69, 9.17) is 18.9 Å². The Bertz CT molecular complexity index is 989. The molecule has 0 N–H and O–H groups in total. The Balaban J connectivity index is 1.80. The van der Waals surface area contributed by atoms with E-state index in [1.54, 1.807) is 36.7 Å². The van der Waals surface area contributed by atoms with E-state index in [9.17, 15) is 4.79 Å². The summed E-state index contributed by atoms with van der Waals surface area (Å²) in [5, 5.41) is 0. The van der Waals surface area contributed by atoms with Gasteiger partial charge in [-0.25, -0.2) is 14.8 Å². The molecule has 0 radical (unpaired) electrons. The average molecular weight is 392 g/mol. The first-order valence-electron chi connectivity index (χ1n) is 8.78. The lowest BCUT2D eigenvalue weighted by Gasteiger charge is -2.13. The number of para-hydroxylation sites is 1. The highest BCUT2D eigenvalue weighted by molar-refractivity contribution is 6.17. The van der Waals surface area contributed by atoms with Gasteiger partial charge < -0.3 is 18.9 Å². The number of rotatable bonds is 8. The van der Waals surface area contributed by atoms with Crippen LogP contribution < -0.4 is 9.47 Å². The van der Waals surface area contributed by atoms with Crippen molar-refractivity contribution in [3.05, 3.63) is 84.4 Å². The number of esters is 1. The summed E-state index contributed by atoms with van der Waals surface area (Å²) in [4.78, 5) is 20.2. The molecule has 3 rings (SSSR count). The lowest BCUT2D eigenvalue weighted by atomic mass is 10.1. The zero-order chi connectivity index (χ0) is 20.5. The Kier molecular flexibility index (Phi) is 6.78. The summed E-state index contributed by atoms with van der Waals surface area (Å²) < 4.78 is 21.5. The zero-order valence-electron chi connectivity index (χ0n) is 16.1. The SMILES string of the molecule is CO/C=C(/C(=O)OC)c1ccccc1Oc1cccc(COc2ncccn2)c1. The third kappa shape index (κ3) is 5.32. The van der Waals surface area contributed by atoms with Crippen LogP contribution in [-0.4, -0.2) is 30.2 Å². The molecule has 7 nitrogen and oxygen atoms in total. The molecule has 29 heavy (non-hydrogen) atoms. The van der Waals surface area contributed by atoms with E-state index in [0.29, 0.717) is 29.7 Å². The number of nitrogens with zero attached hydrogens (tertiary/aromatic N) is 2. The van der Waals surface area contributed by atoms with Gasteiger partial charge in [0.2, 0.25) is 0 Å². The summed E-state index contributed by atoms with van der Waals surface area (Å²) in [5.74, 6) is 0.563. The zero-order valence-corrected chi connectivity index (χ0v) is 16.1. The Morgan fingerprint density at radius 3 is 2.55 bits per heavy atom. The standard InChI is InChI=1S/C22H20N2O5/c1-26-15-19(21(25)27-2)18-9-3-4-10-20(18)29-17-8-5-7-16(13-17)14-28-22-23-11-6-12-24-22/h3-13,15H,14H2,1-2H3/b19-15+. The third-order valence-electron chi connectivity index (χ3n) is 3.85. The molecule has 0 unspecified atom stereocenters. The van der Waals surface area contributed by atoms with Gasteiger partial charge in [-0.1, -0.05) is 30.3 Å². The molecule has 0 bridgehead atoms. The van der Waals surface area contributed by atoms with Gasteiger partial charge in [0.15, 0.2) is 0 Å². The Morgan fingerprint density at radius 2 is 1.79 bits per heavy atom. The van der Waals surface area contributed by atoms with Crippen LogP contribution >= 0.6 is 0 Å². The van der Waals surface area contributed by atoms with Crippen LogP contribution in [0, 0.1) is 0 Å². The first-order chi connectivity index (χ1) is 14.2. The fourth-order valence-corrected chi connectivity index (χ4v) is 2.56. The van der Waals surface area contributed by atoms with Crippen LogP contribution in [-0.2, 0) is 20.9 Å². The molecule has 2 aromatic carbocycles. The smallest absolute Gasteiger partial charge is 0.341 e. The van der Waals surface area contributed by atoms with Crippen molar-refractivity contribution in [2.75, 3.05) is 14.2 Å². The maximum absolute atomic E-state index is 12.1. The van der Waals surface area contributed by atoms with Gasteiger partial charge >= 0.3 is 12.0 Å². The fourth-order valence-electron chi connectivity index (χ4n) is 2.56. The predicted octanol–water partition coefficient (Wildman–Crippen LogP) is 4.01. The van der Waals surface area contributed by atoms with Crippen molar-refractivity contribution in [1.29, 1.82) is 0 Å². The van der Waals surface area contributed by atoms with Crippen LogP contribution in [0.4, 0.5) is 0 Å². The van der Waals surface area contributed by atoms with Crippen LogP contribution in [0.3, 0.4) is 0 Å². The first-order valence-corrected chi connectivity index (χ1v) is 8.78. The molecule has 0 aliphatic carbocycles. The minimum absolute atomic E-state index is 0.256. The van der Waals surface area contributed by atoms with E-state index < -0.39 is 5.97 Å². The summed E-state index contributed by atoms with van der Waals surface area (Å²) in [5.41, 5.74) is 1.69. The Hall–Kier alpha value is -3.87. The molecule has 1 aromatic heterocycles. The Morgan fingerprint density at radius 1 is 1.00 bits per heavy atom. The van der Waals surface area contributed by atoms with Crippen LogP contribution in [0.1, 0.15) is 11.1 Å². The summed E-state index contributed by atoms with van der Waals surface area (Å²) in [6, 6.07) is 16.6. The second-order valence-corrected chi connectivity index (χ2v) is 5.82. The van der Waals surface area contributed by atoms with Crippen LogP contribution in [0.5, 0.6) is 17.5 Å². The molecule has 0 fully saturated rings. The van der Waals surface area contributed by atoms with Gasteiger partial charge in [-0.2, -0.15) is 0 Å². The molecule has 0 saturated heterocycles. The molecule has 7 heteroatoms. The molecule has 0 aliphatic rings. The summed E-state index contributed by atoms with van der Waals surface area (Å²) in [6.07, 6.45) is 4.56. The molecule has 148 valence electrons. The van der Waals surface area contributed by atoms with Crippen molar-refractivity contribution in [1.82, 2.24) is 9.97 Å². The number of hydrogen-bond donors (Lipinski definition) is 0. The summed E-state index contributed by atoms with van der Waals surface area (Å²) in [7, 11) is 2.78. The number of hydrogen-bond acceptors (Lipinski definition) is 7. The lowest BCUT2D eigenvalue weighted by Crippen LogP contribution is -2.05. The van der Waals surface area contributed by atoms with Gasteiger partial charge in [0, 0.05) is 18.0 Å². The quantitative estimate of drug-likeness (QED) is 0.325. The molecular weight excluding hydrogens is 372 g/mol. The Labute approximate surface area is 168 Å². The van der Waals surface area contributed by atoms with Crippen LogP contribution in [0.2, 0.25) is 0 Å². The first kappa shape index (κ1) is 19.9. The van der Waals surface area contributed by atoms with Gasteiger partial charge in [0.05, 0.1) is 20.5 Å². The van der Waals surface area contributed by atoms with Crippen molar-refractivity contribution in [2.24, 2.45) is 0 Å². The van der Waals surface area contributed by atoms with Gasteiger partial charge in [-0.05, 0) is 29.8 Å². The molecule has 0 atom stereocenters. The van der Waals surface area contributed by atoms with Gasteiger partial charge in [0.25, 0.3) is 0 Å². The minimum atomic E-state index is -0.520. The summed E-state index contributed by atoms with van der Waals surface area (Å²) in [6.45, 7) is 0.292. The van der Waals surface area contributed by atoms with Crippen molar-refractivity contribution in [3.63, 3.8) is 0 Å². The van der Waals surface area contributed by atoms with Gasteiger partial charge in [-0.15, -0.1) is 0 Å². The molecule has 1 heterocycles. The molecule has 0 aliphatic heterocycles. The number of carbonyl (C=O) groups excluding carboxylic acids is 1. The minimum Gasteiger partial charge on any atom is -0.503 e. The van der Waals surface area contributed by atoms with Crippen LogP contribution in [0.15, 0.2) is 73.3 Å². The van der Waals surface area contributed by atoms with E-state index in [1.165, 1.54) is 20.5 Å². The van der Waals surface area contributed by atoms with Crippen molar-refractivity contribution >= 4 is 11.5 Å². The molecular formula is C22H20N2O5. The predicted molar refractivity (Wildman–Crippen MR) is 106 cm³/mol. The fraction of sp³-hybridized carbons (Fsp3) is 0.136. The highest BCUT2D eigenvalue weighted by atomic mass is 16.5. The van der Waals surface area contributed by atoms with E-state index in [0.717, 1.165) is 5.56 Å². The molecule has 0 amide bonds. The molecule has 3 aromatic rings. The monoisotopic (exact) mass is 392 g/mol. The van der Waals surface area contributed by atoms with Crippen molar-refractivity contribution in [2.45, 2.75) is 6.61 Å². The van der Waals surface area contributed by atoms with Crippen molar-refractivity contribution in [3.8, 4) is 17.5 Å². The second kappa shape index (κ2) is 9.89. The third-order valence-corrected chi connectivity index (χ3v) is 3.85. The largest absolute Gasteiger partial charge is 0.503 e. The number of benzene rings is 2. The highest BCUT2D eigenvalue weighted by Gasteiger charge is 2.18. The number of aromatic nitrogens is 2. The normalized spacial score (nSPS) is 10.9. The maximum Gasteiger partial charge on any atom is 0.341 e. The maximum atomic E-state index is 12.1. The van der Waals surface area contributed by atoms with Gasteiger partial charge in [0.1, 0.15) is 23.7 Å². The molecule has 0 spiro atoms. The van der Waals surface area contributed by atoms with Gasteiger partial charge in [-0.3, -0.25) is 0 Å². The van der Waals surface area contributed by atoms with E-state index in [-0.39, 0.29) is 5.57 Å². The number of ether oxygens (including phenoxy) is 4. The molecule has 0 saturated carbocycles. The second-order valence-electron chi connectivity index (χ2n) is 5.82. The summed E-state index contributed by atoms with van der Waals surface area (Å²) >= 11 is 0. The van der Waals surface area contributed by atoms with E-state index in [1.807, 2.05) is 30.3 Å². The van der Waals surface area contributed by atoms with E-state index in [2.05, 4.69) is 9.97 Å². The van der Waals surface area contributed by atoms with E-state index >= 15 is 0 Å². The number of carbonyl (C=O) groups is 1. The van der Waals surface area contributed by atoms with Crippen LogP contribution in [0.25, 0.3) is 5.57 Å². The topological polar surface area (TPSA) is 79.8 Å². The highest BCUT2D eigenvalue weighted by Crippen LogP contribution is 2.31.